The van der Waals surface area contributed by atoms with E-state index in [1.54, 1.807) is 6.20 Å². The van der Waals surface area contributed by atoms with Crippen molar-refractivity contribution in [1.82, 2.24) is 19.6 Å². The molecule has 138 valence electrons. The van der Waals surface area contributed by atoms with Crippen LogP contribution in [0.2, 0.25) is 0 Å². The molecule has 2 heterocycles. The quantitative estimate of drug-likeness (QED) is 0.589. The summed E-state index contributed by atoms with van der Waals surface area (Å²) >= 11 is 0. The maximum absolute atomic E-state index is 12.3. The second kappa shape index (κ2) is 9.17. The Labute approximate surface area is 151 Å². The molecule has 24 heavy (non-hydrogen) atoms. The minimum Gasteiger partial charge on any atom is -0.333 e. The van der Waals surface area contributed by atoms with Gasteiger partial charge in [0.25, 0.3) is 10.0 Å². The molecule has 0 radical (unpaired) electrons. The largest absolute Gasteiger partial charge is 0.333 e. The van der Waals surface area contributed by atoms with Gasteiger partial charge in [-0.25, -0.2) is 18.1 Å². The van der Waals surface area contributed by atoms with E-state index in [1.807, 2.05) is 4.57 Å². The minimum absolute atomic E-state index is 0. The molecule has 0 saturated heterocycles. The molecule has 2 aliphatic rings. The van der Waals surface area contributed by atoms with Gasteiger partial charge in [-0.2, -0.15) is 0 Å². The smallest absolute Gasteiger partial charge is 0.259 e. The lowest BCUT2D eigenvalue weighted by atomic mass is 10.1. The van der Waals surface area contributed by atoms with Gasteiger partial charge >= 0.3 is 0 Å². The zero-order valence-electron chi connectivity index (χ0n) is 14.2. The molecule has 6 nitrogen and oxygen atoms in total. The van der Waals surface area contributed by atoms with E-state index in [-0.39, 0.29) is 17.4 Å². The van der Waals surface area contributed by atoms with Crippen molar-refractivity contribution in [3.8, 4) is 0 Å². The van der Waals surface area contributed by atoms with Crippen LogP contribution in [0.4, 0.5) is 0 Å². The molecule has 1 aromatic heterocycles. The van der Waals surface area contributed by atoms with Crippen molar-refractivity contribution in [1.29, 1.82) is 0 Å². The molecule has 1 fully saturated rings. The van der Waals surface area contributed by atoms with Gasteiger partial charge in [0, 0.05) is 38.3 Å². The summed E-state index contributed by atoms with van der Waals surface area (Å²) < 4.78 is 29.3. The number of halogens is 1. The van der Waals surface area contributed by atoms with Crippen LogP contribution in [0.15, 0.2) is 11.2 Å². The summed E-state index contributed by atoms with van der Waals surface area (Å²) in [5.41, 5.74) is 0. The first kappa shape index (κ1) is 19.7. The predicted octanol–water partition coefficient (Wildman–Crippen LogP) is 2.23. The summed E-state index contributed by atoms with van der Waals surface area (Å²) in [6.45, 7) is 1.97. The topological polar surface area (TPSA) is 76.0 Å². The van der Waals surface area contributed by atoms with E-state index in [4.69, 9.17) is 0 Å². The van der Waals surface area contributed by atoms with Gasteiger partial charge in [0.05, 0.1) is 0 Å². The molecule has 3 rings (SSSR count). The van der Waals surface area contributed by atoms with Crippen molar-refractivity contribution in [2.75, 3.05) is 13.1 Å². The zero-order chi connectivity index (χ0) is 16.1. The minimum atomic E-state index is -3.49. The van der Waals surface area contributed by atoms with Gasteiger partial charge in [0.1, 0.15) is 5.82 Å². The Morgan fingerprint density at radius 1 is 1.08 bits per heavy atom. The number of hydrogen-bond donors (Lipinski definition) is 2. The van der Waals surface area contributed by atoms with Crippen LogP contribution in [-0.2, 0) is 23.0 Å². The molecule has 0 atom stereocenters. The maximum Gasteiger partial charge on any atom is 0.259 e. The molecule has 1 aliphatic carbocycles. The molecule has 0 aromatic carbocycles. The Morgan fingerprint density at radius 3 is 2.54 bits per heavy atom. The summed E-state index contributed by atoms with van der Waals surface area (Å²) in [4.78, 5) is 4.30. The lowest BCUT2D eigenvalue weighted by Crippen LogP contribution is -2.37. The lowest BCUT2D eigenvalue weighted by molar-refractivity contribution is 0.461. The first-order chi connectivity index (χ1) is 11.1. The Hall–Kier alpha value is -0.630. The summed E-state index contributed by atoms with van der Waals surface area (Å²) in [6.07, 6.45) is 12.4. The molecular weight excluding hydrogens is 348 g/mol. The Morgan fingerprint density at radius 2 is 1.83 bits per heavy atom. The third kappa shape index (κ3) is 5.18. The number of aryl methyl sites for hydroxylation is 2. The Balaban J connectivity index is 0.00000208. The van der Waals surface area contributed by atoms with Gasteiger partial charge in [-0.15, -0.1) is 12.4 Å². The van der Waals surface area contributed by atoms with Crippen LogP contribution in [-0.4, -0.2) is 37.1 Å². The Bertz CT molecular complexity index is 586. The maximum atomic E-state index is 12.3. The van der Waals surface area contributed by atoms with Gasteiger partial charge in [0.2, 0.25) is 0 Å². The summed E-state index contributed by atoms with van der Waals surface area (Å²) in [6, 6.07) is 0.543. The predicted molar refractivity (Wildman–Crippen MR) is 97.1 cm³/mol. The van der Waals surface area contributed by atoms with Crippen molar-refractivity contribution in [3.63, 3.8) is 0 Å². The van der Waals surface area contributed by atoms with Crippen LogP contribution in [0.1, 0.15) is 57.2 Å². The van der Waals surface area contributed by atoms with Crippen LogP contribution >= 0.6 is 12.4 Å². The number of nitrogens with zero attached hydrogens (tertiary/aromatic N) is 2. The van der Waals surface area contributed by atoms with E-state index in [9.17, 15) is 8.42 Å². The van der Waals surface area contributed by atoms with Crippen LogP contribution in [0, 0.1) is 0 Å². The van der Waals surface area contributed by atoms with E-state index in [2.05, 4.69) is 15.0 Å². The highest BCUT2D eigenvalue weighted by Gasteiger charge is 2.21. The third-order valence-electron chi connectivity index (χ3n) is 4.87. The standard InChI is InChI=1S/C16H28N4O2S.ClH/c21-23(22,16-13-20-12-6-5-9-15(20)19-16)18-11-10-17-14-7-3-1-2-4-8-14;/h13-14,17-18H,1-12H2;1H. The van der Waals surface area contributed by atoms with E-state index in [0.717, 1.165) is 31.6 Å². The number of fused-ring (bicyclic) bond motifs is 1. The fraction of sp³-hybridized carbons (Fsp3) is 0.812. The Kier molecular flexibility index (Phi) is 7.53. The number of rotatable bonds is 6. The molecular formula is C16H29ClN4O2S. The molecule has 2 N–H and O–H groups in total. The van der Waals surface area contributed by atoms with Crippen LogP contribution in [0.3, 0.4) is 0 Å². The van der Waals surface area contributed by atoms with Crippen molar-refractivity contribution in [2.24, 2.45) is 0 Å². The third-order valence-corrected chi connectivity index (χ3v) is 6.20. The summed E-state index contributed by atoms with van der Waals surface area (Å²) in [5, 5.41) is 3.65. The molecule has 0 bridgehead atoms. The molecule has 0 unspecified atom stereocenters. The average Bonchev–Trinajstić information content (AvgIpc) is 2.82. The molecule has 0 amide bonds. The van der Waals surface area contributed by atoms with Gasteiger partial charge in [0.15, 0.2) is 5.03 Å². The monoisotopic (exact) mass is 376 g/mol. The van der Waals surface area contributed by atoms with Crippen molar-refractivity contribution in [2.45, 2.75) is 75.4 Å². The first-order valence-electron chi connectivity index (χ1n) is 8.94. The number of nitrogens with one attached hydrogen (secondary N) is 2. The highest BCUT2D eigenvalue weighted by atomic mass is 35.5. The summed E-state index contributed by atoms with van der Waals surface area (Å²) in [7, 11) is -3.49. The molecule has 1 aliphatic heterocycles. The van der Waals surface area contributed by atoms with Crippen molar-refractivity contribution < 1.29 is 8.42 Å². The second-order valence-corrected chi connectivity index (χ2v) is 8.40. The second-order valence-electron chi connectivity index (χ2n) is 6.69. The van der Waals surface area contributed by atoms with Crippen molar-refractivity contribution in [3.05, 3.63) is 12.0 Å². The molecule has 8 heteroatoms. The number of imidazole rings is 1. The molecule has 0 spiro atoms. The van der Waals surface area contributed by atoms with Gasteiger partial charge in [-0.1, -0.05) is 25.7 Å². The van der Waals surface area contributed by atoms with E-state index in [1.165, 1.54) is 38.5 Å². The van der Waals surface area contributed by atoms with Crippen LogP contribution in [0.25, 0.3) is 0 Å². The van der Waals surface area contributed by atoms with E-state index < -0.39 is 10.0 Å². The van der Waals surface area contributed by atoms with E-state index >= 15 is 0 Å². The van der Waals surface area contributed by atoms with Gasteiger partial charge in [-0.05, 0) is 25.7 Å². The normalized spacial score (nSPS) is 19.3. The van der Waals surface area contributed by atoms with E-state index in [0.29, 0.717) is 19.1 Å². The zero-order valence-corrected chi connectivity index (χ0v) is 15.8. The number of sulfonamides is 1. The fourth-order valence-corrected chi connectivity index (χ4v) is 4.55. The average molecular weight is 377 g/mol. The molecule has 1 saturated carbocycles. The highest BCUT2D eigenvalue weighted by molar-refractivity contribution is 7.89. The van der Waals surface area contributed by atoms with Crippen LogP contribution in [0.5, 0.6) is 0 Å². The van der Waals surface area contributed by atoms with Crippen molar-refractivity contribution >= 4 is 22.4 Å². The highest BCUT2D eigenvalue weighted by Crippen LogP contribution is 2.18. The SMILES string of the molecule is Cl.O=S(=O)(NCCNC1CCCCCC1)c1cn2c(n1)CCCC2. The van der Waals surface area contributed by atoms with Crippen LogP contribution < -0.4 is 10.0 Å². The number of aromatic nitrogens is 2. The van der Waals surface area contributed by atoms with Gasteiger partial charge in [-0.3, -0.25) is 0 Å². The number of hydrogen-bond acceptors (Lipinski definition) is 4. The van der Waals surface area contributed by atoms with Gasteiger partial charge < -0.3 is 9.88 Å². The summed E-state index contributed by atoms with van der Waals surface area (Å²) in [5.74, 6) is 0.896. The molecule has 1 aromatic rings. The first-order valence-corrected chi connectivity index (χ1v) is 10.4. The fourth-order valence-electron chi connectivity index (χ4n) is 3.54. The lowest BCUT2D eigenvalue weighted by Gasteiger charge is -2.16.